The van der Waals surface area contributed by atoms with Crippen molar-refractivity contribution >= 4 is 11.9 Å². The van der Waals surface area contributed by atoms with Crippen LogP contribution < -0.4 is 0 Å². The number of rotatable bonds is 37. The molecule has 4 unspecified atom stereocenters. The number of ether oxygens (including phenoxy) is 6. The van der Waals surface area contributed by atoms with Crippen molar-refractivity contribution in [3.8, 4) is 0 Å². The number of carbonyl (C=O) groups is 2. The average Bonchev–Trinajstić information content (AvgIpc) is 3.30. The highest BCUT2D eigenvalue weighted by atomic mass is 16.7. The maximum atomic E-state index is 13.0. The molecule has 0 spiro atoms. The Morgan fingerprint density at radius 1 is 0.508 bits per heavy atom. The van der Waals surface area contributed by atoms with Gasteiger partial charge < -0.3 is 64.2 Å². The van der Waals surface area contributed by atoms with Gasteiger partial charge in [-0.15, -0.1) is 0 Å². The van der Waals surface area contributed by atoms with E-state index in [4.69, 9.17) is 28.4 Å². The summed E-state index contributed by atoms with van der Waals surface area (Å²) in [6.45, 7) is 2.43. The van der Waals surface area contributed by atoms with Crippen molar-refractivity contribution in [1.82, 2.24) is 0 Å². The molecule has 2 aliphatic rings. The van der Waals surface area contributed by atoms with Crippen molar-refractivity contribution in [2.45, 2.75) is 229 Å². The molecule has 2 saturated heterocycles. The van der Waals surface area contributed by atoms with E-state index in [0.29, 0.717) is 12.8 Å². The smallest absolute Gasteiger partial charge is 0.306 e. The molecule has 2 rings (SSSR count). The molecule has 7 N–H and O–H groups in total. The third-order valence-corrected chi connectivity index (χ3v) is 11.5. The van der Waals surface area contributed by atoms with Crippen LogP contribution >= 0.6 is 0 Å². The molecule has 15 nitrogen and oxygen atoms in total. The summed E-state index contributed by atoms with van der Waals surface area (Å²) in [7, 11) is 0. The first-order chi connectivity index (χ1) is 31.5. The van der Waals surface area contributed by atoms with Crippen molar-refractivity contribution in [3.63, 3.8) is 0 Å². The van der Waals surface area contributed by atoms with E-state index in [1.807, 2.05) is 0 Å². The zero-order valence-corrected chi connectivity index (χ0v) is 39.5. The molecule has 0 aromatic heterocycles. The maximum Gasteiger partial charge on any atom is 0.306 e. The first-order valence-electron chi connectivity index (χ1n) is 24.7. The topological polar surface area (TPSA) is 231 Å². The van der Waals surface area contributed by atoms with Crippen LogP contribution in [-0.4, -0.2) is 142 Å². The van der Waals surface area contributed by atoms with Gasteiger partial charge in [-0.1, -0.05) is 127 Å². The number of carbonyl (C=O) groups excluding carboxylic acids is 2. The lowest BCUT2D eigenvalue weighted by Crippen LogP contribution is -2.61. The van der Waals surface area contributed by atoms with E-state index in [-0.39, 0.29) is 19.4 Å². The van der Waals surface area contributed by atoms with E-state index >= 15 is 0 Å². The molecular formula is C50H86O15. The number of unbranched alkanes of at least 4 members (excludes halogenated alkanes) is 15. The van der Waals surface area contributed by atoms with Crippen LogP contribution in [0.2, 0.25) is 0 Å². The first-order valence-corrected chi connectivity index (χ1v) is 24.7. The van der Waals surface area contributed by atoms with Crippen LogP contribution in [0.3, 0.4) is 0 Å². The summed E-state index contributed by atoms with van der Waals surface area (Å²) in [4.78, 5) is 25.7. The number of aliphatic hydroxyl groups is 7. The second-order valence-electron chi connectivity index (χ2n) is 17.3. The number of aliphatic hydroxyl groups excluding tert-OH is 7. The van der Waals surface area contributed by atoms with E-state index in [2.05, 4.69) is 62.5 Å². The molecule has 0 bridgehead atoms. The molecule has 0 saturated carbocycles. The number of esters is 2. The molecular weight excluding hydrogens is 841 g/mol. The third kappa shape index (κ3) is 26.0. The Morgan fingerprint density at radius 2 is 0.969 bits per heavy atom. The van der Waals surface area contributed by atoms with Gasteiger partial charge in [-0.05, 0) is 70.6 Å². The molecule has 2 heterocycles. The van der Waals surface area contributed by atoms with E-state index in [1.54, 1.807) is 0 Å². The predicted molar refractivity (Wildman–Crippen MR) is 247 cm³/mol. The van der Waals surface area contributed by atoms with Crippen molar-refractivity contribution in [2.24, 2.45) is 0 Å². The lowest BCUT2D eigenvalue weighted by molar-refractivity contribution is -0.332. The molecule has 2 aliphatic heterocycles. The standard InChI is InChI=1S/C50H86O15/c1-3-5-7-9-11-13-15-17-19-21-23-25-27-29-31-33-42(53)63-38(35-60-41(52)32-30-28-26-24-22-20-18-16-14-12-10-8-6-4-2)36-61-49-48(59)46(57)44(55)40(65-49)37-62-50-47(58)45(56)43(54)39(34-51)64-50/h5,7,11,13,16-19,38-40,43-51,54-59H,3-4,6,8-10,12,14-15,20-37H2,1-2H3/b7-5+,13-11+,18-16+,19-17+/t38-,39-,40-,43+,44+,45?,46?,47?,48?,49-,50-/m1/s1. The number of hydrogen-bond donors (Lipinski definition) is 7. The summed E-state index contributed by atoms with van der Waals surface area (Å²) in [5.74, 6) is -0.957. The van der Waals surface area contributed by atoms with Gasteiger partial charge >= 0.3 is 11.9 Å². The zero-order chi connectivity index (χ0) is 47.5. The number of hydrogen-bond acceptors (Lipinski definition) is 15. The van der Waals surface area contributed by atoms with E-state index in [0.717, 1.165) is 89.9 Å². The van der Waals surface area contributed by atoms with Crippen LogP contribution in [0.5, 0.6) is 0 Å². The van der Waals surface area contributed by atoms with Crippen molar-refractivity contribution in [3.05, 3.63) is 48.6 Å². The molecule has 376 valence electrons. The van der Waals surface area contributed by atoms with Gasteiger partial charge in [-0.2, -0.15) is 0 Å². The fourth-order valence-electron chi connectivity index (χ4n) is 7.46. The van der Waals surface area contributed by atoms with Crippen LogP contribution in [0.25, 0.3) is 0 Å². The molecule has 0 radical (unpaired) electrons. The minimum absolute atomic E-state index is 0.143. The highest BCUT2D eigenvalue weighted by Crippen LogP contribution is 2.26. The van der Waals surface area contributed by atoms with Crippen LogP contribution in [0.15, 0.2) is 48.6 Å². The van der Waals surface area contributed by atoms with Crippen LogP contribution in [-0.2, 0) is 38.0 Å². The van der Waals surface area contributed by atoms with Crippen molar-refractivity contribution in [1.29, 1.82) is 0 Å². The Kier molecular flexibility index (Phi) is 33.7. The molecule has 15 heteroatoms. The lowest BCUT2D eigenvalue weighted by Gasteiger charge is -2.42. The van der Waals surface area contributed by atoms with Crippen LogP contribution in [0.1, 0.15) is 162 Å². The Balaban J connectivity index is 1.84. The molecule has 2 fully saturated rings. The molecule has 0 aromatic carbocycles. The Bertz CT molecular complexity index is 1320. The summed E-state index contributed by atoms with van der Waals surface area (Å²) >= 11 is 0. The minimum Gasteiger partial charge on any atom is -0.462 e. The minimum atomic E-state index is -1.77. The molecule has 11 atom stereocenters. The second kappa shape index (κ2) is 37.4. The quantitative estimate of drug-likeness (QED) is 0.0205. The Hall–Kier alpha value is -2.54. The zero-order valence-electron chi connectivity index (χ0n) is 39.5. The summed E-state index contributed by atoms with van der Waals surface area (Å²) in [5.41, 5.74) is 0. The summed E-state index contributed by atoms with van der Waals surface area (Å²) < 4.78 is 33.5. The Labute approximate surface area is 388 Å². The van der Waals surface area contributed by atoms with Crippen molar-refractivity contribution in [2.75, 3.05) is 26.4 Å². The second-order valence-corrected chi connectivity index (χ2v) is 17.3. The van der Waals surface area contributed by atoms with Crippen molar-refractivity contribution < 1.29 is 73.8 Å². The van der Waals surface area contributed by atoms with Gasteiger partial charge in [0.1, 0.15) is 55.4 Å². The van der Waals surface area contributed by atoms with Gasteiger partial charge in [-0.25, -0.2) is 0 Å². The summed E-state index contributed by atoms with van der Waals surface area (Å²) in [6.07, 6.45) is 22.8. The van der Waals surface area contributed by atoms with Gasteiger partial charge in [0.2, 0.25) is 0 Å². The number of allylic oxidation sites excluding steroid dienone is 8. The fourth-order valence-corrected chi connectivity index (χ4v) is 7.46. The summed E-state index contributed by atoms with van der Waals surface area (Å²) in [5, 5.41) is 72.0. The van der Waals surface area contributed by atoms with Gasteiger partial charge in [0.25, 0.3) is 0 Å². The van der Waals surface area contributed by atoms with Gasteiger partial charge in [0.15, 0.2) is 18.7 Å². The molecule has 0 aliphatic carbocycles. The summed E-state index contributed by atoms with van der Waals surface area (Å²) in [6, 6.07) is 0. The molecule has 0 aromatic rings. The highest BCUT2D eigenvalue weighted by Gasteiger charge is 2.47. The van der Waals surface area contributed by atoms with Crippen LogP contribution in [0, 0.1) is 0 Å². The van der Waals surface area contributed by atoms with Gasteiger partial charge in [-0.3, -0.25) is 9.59 Å². The molecule has 0 amide bonds. The monoisotopic (exact) mass is 927 g/mol. The fraction of sp³-hybridized carbons (Fsp3) is 0.800. The van der Waals surface area contributed by atoms with Gasteiger partial charge in [0, 0.05) is 12.8 Å². The maximum absolute atomic E-state index is 13.0. The first kappa shape index (κ1) is 58.6. The van der Waals surface area contributed by atoms with Crippen LogP contribution in [0.4, 0.5) is 0 Å². The Morgan fingerprint density at radius 3 is 1.54 bits per heavy atom. The van der Waals surface area contributed by atoms with Gasteiger partial charge in [0.05, 0.1) is 19.8 Å². The predicted octanol–water partition coefficient (Wildman–Crippen LogP) is 6.32. The average molecular weight is 927 g/mol. The highest BCUT2D eigenvalue weighted by molar-refractivity contribution is 5.70. The van der Waals surface area contributed by atoms with E-state index in [1.165, 1.54) is 32.1 Å². The third-order valence-electron chi connectivity index (χ3n) is 11.5. The normalized spacial score (nSPS) is 26.8. The van der Waals surface area contributed by atoms with E-state index in [9.17, 15) is 45.3 Å². The van der Waals surface area contributed by atoms with E-state index < -0.39 is 99.3 Å². The molecule has 65 heavy (non-hydrogen) atoms. The SMILES string of the molecule is CC/C=C/C/C=C/C/C=C/CCCCCCCC(=O)O[C@H](COC(=O)CCCCCCC/C=C/CCCCCCC)CO[C@@H]1O[C@H](CO[C@@H]2O[C@H](CO)[C@H](O)C(O)C2O)[C@H](O)C(O)C1O. The lowest BCUT2D eigenvalue weighted by atomic mass is 9.98. The largest absolute Gasteiger partial charge is 0.462 e.